The van der Waals surface area contributed by atoms with E-state index in [1.54, 1.807) is 24.3 Å². The summed E-state index contributed by atoms with van der Waals surface area (Å²) in [4.78, 5) is 13.6. The van der Waals surface area contributed by atoms with Crippen molar-refractivity contribution in [3.8, 4) is 11.5 Å². The molecule has 1 aliphatic carbocycles. The molecule has 1 saturated carbocycles. The van der Waals surface area contributed by atoms with Gasteiger partial charge in [-0.25, -0.2) is 8.78 Å². The van der Waals surface area contributed by atoms with Gasteiger partial charge in [0.1, 0.15) is 13.2 Å². The van der Waals surface area contributed by atoms with Crippen LogP contribution in [0.1, 0.15) is 41.5 Å². The van der Waals surface area contributed by atoms with Gasteiger partial charge in [-0.3, -0.25) is 4.79 Å². The first-order chi connectivity index (χ1) is 19.9. The summed E-state index contributed by atoms with van der Waals surface area (Å²) >= 11 is 12.3. The first kappa shape index (κ1) is 28.6. The number of Topliss-reactive ketones (excluding diaryl/α,β-unsaturated/α-hetero) is 1. The van der Waals surface area contributed by atoms with Crippen LogP contribution in [0.3, 0.4) is 0 Å². The van der Waals surface area contributed by atoms with Crippen molar-refractivity contribution in [1.82, 2.24) is 0 Å². The molecule has 0 spiro atoms. The molecule has 0 radical (unpaired) electrons. The second kappa shape index (κ2) is 13.2. The molecule has 1 fully saturated rings. The second-order valence-electron chi connectivity index (χ2n) is 9.68. The number of benzene rings is 4. The summed E-state index contributed by atoms with van der Waals surface area (Å²) in [5.41, 5.74) is 3.44. The van der Waals surface area contributed by atoms with Crippen molar-refractivity contribution in [1.29, 1.82) is 0 Å². The van der Waals surface area contributed by atoms with Gasteiger partial charge in [0.05, 0.1) is 0 Å². The summed E-state index contributed by atoms with van der Waals surface area (Å²) in [7, 11) is 0. The molecule has 3 nitrogen and oxygen atoms in total. The van der Waals surface area contributed by atoms with Crippen LogP contribution >= 0.6 is 23.2 Å². The van der Waals surface area contributed by atoms with E-state index in [1.807, 2.05) is 60.7 Å². The summed E-state index contributed by atoms with van der Waals surface area (Å²) in [6.07, 6.45) is 4.90. The van der Waals surface area contributed by atoms with Crippen LogP contribution < -0.4 is 9.47 Å². The number of rotatable bonds is 8. The predicted molar refractivity (Wildman–Crippen MR) is 159 cm³/mol. The van der Waals surface area contributed by atoms with Gasteiger partial charge in [0.2, 0.25) is 0 Å². The second-order valence-corrected chi connectivity index (χ2v) is 10.6. The monoisotopic (exact) mass is 590 g/mol. The molecule has 5 rings (SSSR count). The fourth-order valence-corrected chi connectivity index (χ4v) is 5.12. The van der Waals surface area contributed by atoms with E-state index < -0.39 is 11.6 Å². The van der Waals surface area contributed by atoms with Gasteiger partial charge in [0.15, 0.2) is 28.9 Å². The van der Waals surface area contributed by atoms with E-state index in [0.717, 1.165) is 11.1 Å². The lowest BCUT2D eigenvalue weighted by atomic mass is 9.86. The first-order valence-electron chi connectivity index (χ1n) is 13.1. The minimum Gasteiger partial charge on any atom is -0.485 e. The Morgan fingerprint density at radius 1 is 0.659 bits per heavy atom. The highest BCUT2D eigenvalue weighted by Crippen LogP contribution is 2.36. The molecule has 0 heterocycles. The SMILES string of the molecule is O=C1C(=Cc2cc(Cl)cc(F)c2OCc2ccccc2)CCCC1=Cc1cc(Cl)cc(F)c1OCc1ccccc1. The van der Waals surface area contributed by atoms with E-state index in [0.29, 0.717) is 41.5 Å². The molecule has 208 valence electrons. The molecule has 0 unspecified atom stereocenters. The van der Waals surface area contributed by atoms with Crippen molar-refractivity contribution in [2.45, 2.75) is 32.5 Å². The smallest absolute Gasteiger partial charge is 0.185 e. The van der Waals surface area contributed by atoms with E-state index in [9.17, 15) is 13.6 Å². The molecule has 0 aromatic heterocycles. The zero-order valence-corrected chi connectivity index (χ0v) is 23.5. The largest absolute Gasteiger partial charge is 0.485 e. The zero-order chi connectivity index (χ0) is 28.8. The highest BCUT2D eigenvalue weighted by atomic mass is 35.5. The summed E-state index contributed by atoms with van der Waals surface area (Å²) in [6.45, 7) is 0.307. The highest BCUT2D eigenvalue weighted by Gasteiger charge is 2.23. The molecule has 41 heavy (non-hydrogen) atoms. The highest BCUT2D eigenvalue weighted by molar-refractivity contribution is 6.31. The number of ketones is 1. The minimum atomic E-state index is -0.617. The molecular formula is C34H26Cl2F2O3. The quantitative estimate of drug-likeness (QED) is 0.192. The average Bonchev–Trinajstić information content (AvgIpc) is 2.95. The maximum atomic E-state index is 14.9. The molecule has 4 aromatic carbocycles. The van der Waals surface area contributed by atoms with Gasteiger partial charge in [0, 0.05) is 32.3 Å². The van der Waals surface area contributed by atoms with Crippen molar-refractivity contribution < 1.29 is 23.0 Å². The van der Waals surface area contributed by atoms with Crippen LogP contribution in [0.25, 0.3) is 12.2 Å². The number of carbonyl (C=O) groups is 1. The normalized spacial score (nSPS) is 15.4. The van der Waals surface area contributed by atoms with Gasteiger partial charge in [-0.15, -0.1) is 0 Å². The Kier molecular flexibility index (Phi) is 9.17. The summed E-state index contributed by atoms with van der Waals surface area (Å²) in [6, 6.07) is 24.3. The number of ether oxygens (including phenoxy) is 2. The first-order valence-corrected chi connectivity index (χ1v) is 13.9. The fourth-order valence-electron chi connectivity index (χ4n) is 4.69. The Morgan fingerprint density at radius 3 is 1.49 bits per heavy atom. The lowest BCUT2D eigenvalue weighted by molar-refractivity contribution is -0.112. The van der Waals surface area contributed by atoms with Crippen LogP contribution in [-0.2, 0) is 18.0 Å². The Hall–Kier alpha value is -3.93. The van der Waals surface area contributed by atoms with Crippen LogP contribution in [0.5, 0.6) is 11.5 Å². The molecule has 0 saturated heterocycles. The fraction of sp³-hybridized carbons (Fsp3) is 0.147. The Morgan fingerprint density at radius 2 is 1.07 bits per heavy atom. The van der Waals surface area contributed by atoms with Gasteiger partial charge in [-0.05, 0) is 66.8 Å². The molecule has 0 atom stereocenters. The van der Waals surface area contributed by atoms with Crippen LogP contribution in [0.2, 0.25) is 10.0 Å². The van der Waals surface area contributed by atoms with E-state index in [4.69, 9.17) is 32.7 Å². The predicted octanol–water partition coefficient (Wildman–Crippen LogP) is 9.65. The summed E-state index contributed by atoms with van der Waals surface area (Å²) in [5, 5.41) is 0.380. The summed E-state index contributed by atoms with van der Waals surface area (Å²) in [5.74, 6) is -1.42. The van der Waals surface area contributed by atoms with Crippen LogP contribution in [0.4, 0.5) is 8.78 Å². The number of allylic oxidation sites excluding steroid dienone is 2. The lowest BCUT2D eigenvalue weighted by Crippen LogP contribution is -2.13. The van der Waals surface area contributed by atoms with Crippen molar-refractivity contribution in [3.05, 3.63) is 140 Å². The van der Waals surface area contributed by atoms with E-state index >= 15 is 0 Å². The topological polar surface area (TPSA) is 35.5 Å². The van der Waals surface area contributed by atoms with Gasteiger partial charge in [-0.1, -0.05) is 83.9 Å². The van der Waals surface area contributed by atoms with Crippen LogP contribution in [0.15, 0.2) is 96.1 Å². The molecule has 1 aliphatic rings. The molecule has 4 aromatic rings. The van der Waals surface area contributed by atoms with E-state index in [1.165, 1.54) is 12.1 Å². The van der Waals surface area contributed by atoms with Crippen molar-refractivity contribution in [2.24, 2.45) is 0 Å². The van der Waals surface area contributed by atoms with Gasteiger partial charge < -0.3 is 9.47 Å². The van der Waals surface area contributed by atoms with Gasteiger partial charge >= 0.3 is 0 Å². The van der Waals surface area contributed by atoms with Crippen molar-refractivity contribution in [2.75, 3.05) is 0 Å². The number of carbonyl (C=O) groups excluding carboxylic acids is 1. The molecular weight excluding hydrogens is 565 g/mol. The average molecular weight is 591 g/mol. The van der Waals surface area contributed by atoms with Crippen molar-refractivity contribution >= 4 is 41.1 Å². The van der Waals surface area contributed by atoms with Gasteiger partial charge in [-0.2, -0.15) is 0 Å². The lowest BCUT2D eigenvalue weighted by Gasteiger charge is -2.19. The molecule has 0 amide bonds. The van der Waals surface area contributed by atoms with E-state index in [-0.39, 0.29) is 40.5 Å². The van der Waals surface area contributed by atoms with Crippen molar-refractivity contribution in [3.63, 3.8) is 0 Å². The molecule has 7 heteroatoms. The summed E-state index contributed by atoms with van der Waals surface area (Å²) < 4.78 is 41.6. The standard InChI is InChI=1S/C34H26Cl2F2O3/c35-28-16-26(33(30(37)18-28)40-20-22-8-3-1-4-9-22)14-24-12-7-13-25(32(24)39)15-27-17-29(36)19-31(38)34(27)41-21-23-10-5-2-6-11-23/h1-6,8-11,14-19H,7,12-13,20-21H2. The molecule has 0 aliphatic heterocycles. The number of hydrogen-bond donors (Lipinski definition) is 0. The third-order valence-corrected chi connectivity index (χ3v) is 7.10. The Labute approximate surface area is 247 Å². The third kappa shape index (κ3) is 7.24. The maximum Gasteiger partial charge on any atom is 0.185 e. The Balaban J connectivity index is 1.44. The minimum absolute atomic E-state index is 0.0168. The molecule has 0 bridgehead atoms. The third-order valence-electron chi connectivity index (χ3n) is 6.66. The maximum absolute atomic E-state index is 14.9. The number of halogens is 4. The van der Waals surface area contributed by atoms with Crippen LogP contribution in [0, 0.1) is 11.6 Å². The van der Waals surface area contributed by atoms with E-state index in [2.05, 4.69) is 0 Å². The van der Waals surface area contributed by atoms with Gasteiger partial charge in [0.25, 0.3) is 0 Å². The molecule has 0 N–H and O–H groups in total. The Bertz CT molecular complexity index is 1500. The zero-order valence-electron chi connectivity index (χ0n) is 22.0. The van der Waals surface area contributed by atoms with Crippen LogP contribution in [-0.4, -0.2) is 5.78 Å². The number of hydrogen-bond acceptors (Lipinski definition) is 3.